The molecule has 3 heteroatoms. The smallest absolute Gasteiger partial charge is 0.0224 e. The highest BCUT2D eigenvalue weighted by Crippen LogP contribution is 2.27. The molecule has 92 valence electrons. The van der Waals surface area contributed by atoms with Crippen LogP contribution >= 0.6 is 0 Å². The summed E-state index contributed by atoms with van der Waals surface area (Å²) in [6.45, 7) is 7.72. The lowest BCUT2D eigenvalue weighted by molar-refractivity contribution is 0.0701. The van der Waals surface area contributed by atoms with Crippen molar-refractivity contribution < 1.29 is 0 Å². The molecule has 4 aliphatic rings. The Balaban J connectivity index is 1.44. The van der Waals surface area contributed by atoms with Crippen molar-refractivity contribution in [3.05, 3.63) is 0 Å². The van der Waals surface area contributed by atoms with Crippen molar-refractivity contribution in [2.24, 2.45) is 11.8 Å². The highest BCUT2D eigenvalue weighted by Gasteiger charge is 2.33. The highest BCUT2D eigenvalue weighted by molar-refractivity contribution is 4.91. The van der Waals surface area contributed by atoms with Gasteiger partial charge in [-0.05, 0) is 70.2 Å². The quantitative estimate of drug-likeness (QED) is 0.736. The molecule has 16 heavy (non-hydrogen) atoms. The second-order valence-electron chi connectivity index (χ2n) is 5.87. The van der Waals surface area contributed by atoms with Crippen LogP contribution in [0, 0.1) is 11.8 Å². The van der Waals surface area contributed by atoms with E-state index in [1.165, 1.54) is 65.0 Å². The largest absolute Gasteiger partial charge is 0.316 e. The van der Waals surface area contributed by atoms with E-state index < -0.39 is 0 Å². The summed E-state index contributed by atoms with van der Waals surface area (Å²) in [5.74, 6) is 1.85. The van der Waals surface area contributed by atoms with Crippen molar-refractivity contribution in [3.63, 3.8) is 0 Å². The summed E-state index contributed by atoms with van der Waals surface area (Å²) in [5, 5.41) is 7.35. The van der Waals surface area contributed by atoms with E-state index in [2.05, 4.69) is 15.5 Å². The molecule has 4 heterocycles. The topological polar surface area (TPSA) is 27.3 Å². The molecule has 4 rings (SSSR count). The summed E-state index contributed by atoms with van der Waals surface area (Å²) in [7, 11) is 0. The van der Waals surface area contributed by atoms with Gasteiger partial charge in [0.2, 0.25) is 0 Å². The molecule has 4 saturated heterocycles. The van der Waals surface area contributed by atoms with Crippen LogP contribution in [0.1, 0.15) is 25.7 Å². The summed E-state index contributed by atoms with van der Waals surface area (Å²) >= 11 is 0. The molecule has 2 unspecified atom stereocenters. The third-order valence-electron chi connectivity index (χ3n) is 4.72. The van der Waals surface area contributed by atoms with Gasteiger partial charge in [0.25, 0.3) is 0 Å². The van der Waals surface area contributed by atoms with Crippen LogP contribution in [0.25, 0.3) is 0 Å². The van der Waals surface area contributed by atoms with E-state index in [0.717, 1.165) is 17.9 Å². The zero-order valence-corrected chi connectivity index (χ0v) is 10.3. The fourth-order valence-electron chi connectivity index (χ4n) is 3.61. The van der Waals surface area contributed by atoms with Gasteiger partial charge in [-0.1, -0.05) is 0 Å². The molecule has 4 fully saturated rings. The Kier molecular flexibility index (Phi) is 3.46. The second kappa shape index (κ2) is 5.03. The highest BCUT2D eigenvalue weighted by atomic mass is 15.2. The molecule has 0 spiro atoms. The maximum Gasteiger partial charge on any atom is 0.0224 e. The maximum absolute atomic E-state index is 3.84. The third kappa shape index (κ3) is 2.41. The Labute approximate surface area is 99.0 Å². The molecule has 0 aromatic rings. The lowest BCUT2D eigenvalue weighted by Gasteiger charge is -2.45. The molecule has 2 bridgehead atoms. The molecule has 2 atom stereocenters. The number of nitrogens with zero attached hydrogens (tertiary/aromatic N) is 1. The molecule has 0 saturated carbocycles. The first-order chi connectivity index (χ1) is 7.92. The van der Waals surface area contributed by atoms with Crippen molar-refractivity contribution in [2.45, 2.75) is 31.7 Å². The molecule has 0 amide bonds. The minimum Gasteiger partial charge on any atom is -0.316 e. The zero-order valence-electron chi connectivity index (χ0n) is 10.3. The number of nitrogens with one attached hydrogen (secondary N) is 2. The molecule has 0 aliphatic carbocycles. The predicted octanol–water partition coefficient (Wildman–Crippen LogP) is 0.670. The van der Waals surface area contributed by atoms with Crippen molar-refractivity contribution in [3.8, 4) is 0 Å². The third-order valence-corrected chi connectivity index (χ3v) is 4.72. The Bertz CT molecular complexity index is 217. The number of piperidine rings is 4. The Morgan fingerprint density at radius 2 is 2.06 bits per heavy atom. The van der Waals surface area contributed by atoms with E-state index in [4.69, 9.17) is 0 Å². The van der Waals surface area contributed by atoms with Crippen LogP contribution in [0.2, 0.25) is 0 Å². The summed E-state index contributed by atoms with van der Waals surface area (Å²) in [5.41, 5.74) is 0. The Hall–Kier alpha value is -0.120. The molecule has 0 aromatic heterocycles. The average Bonchev–Trinajstić information content (AvgIpc) is 2.39. The number of hydrogen-bond donors (Lipinski definition) is 2. The summed E-state index contributed by atoms with van der Waals surface area (Å²) in [6, 6.07) is 0.796. The first-order valence-corrected chi connectivity index (χ1v) is 7.08. The molecular weight excluding hydrogens is 198 g/mol. The van der Waals surface area contributed by atoms with Crippen molar-refractivity contribution in [1.82, 2.24) is 15.5 Å². The Morgan fingerprint density at radius 1 is 1.19 bits per heavy atom. The summed E-state index contributed by atoms with van der Waals surface area (Å²) in [4.78, 5) is 2.64. The van der Waals surface area contributed by atoms with Crippen LogP contribution in [0.4, 0.5) is 0 Å². The van der Waals surface area contributed by atoms with Gasteiger partial charge >= 0.3 is 0 Å². The summed E-state index contributed by atoms with van der Waals surface area (Å²) < 4.78 is 0. The minimum atomic E-state index is 0.796. The molecule has 2 N–H and O–H groups in total. The van der Waals surface area contributed by atoms with Crippen molar-refractivity contribution >= 4 is 0 Å². The first-order valence-electron chi connectivity index (χ1n) is 7.08. The fourth-order valence-corrected chi connectivity index (χ4v) is 3.61. The van der Waals surface area contributed by atoms with Gasteiger partial charge in [0.05, 0.1) is 0 Å². The van der Waals surface area contributed by atoms with Crippen molar-refractivity contribution in [2.75, 3.05) is 39.3 Å². The van der Waals surface area contributed by atoms with E-state index in [0.29, 0.717) is 0 Å². The zero-order chi connectivity index (χ0) is 10.8. The van der Waals surface area contributed by atoms with Gasteiger partial charge in [-0.15, -0.1) is 0 Å². The van der Waals surface area contributed by atoms with Gasteiger partial charge < -0.3 is 15.5 Å². The van der Waals surface area contributed by atoms with Crippen LogP contribution in [-0.2, 0) is 0 Å². The normalized spacial score (nSPS) is 43.5. The maximum atomic E-state index is 3.84. The molecular formula is C13H25N3. The predicted molar refractivity (Wildman–Crippen MR) is 66.5 cm³/mol. The van der Waals surface area contributed by atoms with E-state index in [-0.39, 0.29) is 0 Å². The van der Waals surface area contributed by atoms with Crippen LogP contribution in [0.5, 0.6) is 0 Å². The van der Waals surface area contributed by atoms with E-state index in [9.17, 15) is 0 Å². The molecule has 4 aliphatic heterocycles. The van der Waals surface area contributed by atoms with Crippen LogP contribution in [-0.4, -0.2) is 50.2 Å². The minimum absolute atomic E-state index is 0.796. The number of fused-ring (bicyclic) bond motifs is 3. The Morgan fingerprint density at radius 3 is 2.69 bits per heavy atom. The van der Waals surface area contributed by atoms with Crippen LogP contribution in [0.3, 0.4) is 0 Å². The number of hydrogen-bond acceptors (Lipinski definition) is 3. The SMILES string of the molecule is C1CNCC(CNC2CN3CCC2CC3)C1. The monoisotopic (exact) mass is 223 g/mol. The van der Waals surface area contributed by atoms with Crippen LogP contribution < -0.4 is 10.6 Å². The second-order valence-corrected chi connectivity index (χ2v) is 5.87. The standard InChI is InChI=1S/C13H25N3/c1-2-11(8-14-5-1)9-15-13-10-16-6-3-12(13)4-7-16/h11-15H,1-10H2. The summed E-state index contributed by atoms with van der Waals surface area (Å²) in [6.07, 6.45) is 5.65. The van der Waals surface area contributed by atoms with Gasteiger partial charge in [0.15, 0.2) is 0 Å². The van der Waals surface area contributed by atoms with Crippen LogP contribution in [0.15, 0.2) is 0 Å². The molecule has 3 nitrogen and oxygen atoms in total. The lowest BCUT2D eigenvalue weighted by atomic mass is 9.83. The number of rotatable bonds is 3. The average molecular weight is 223 g/mol. The van der Waals surface area contributed by atoms with Gasteiger partial charge in [-0.3, -0.25) is 0 Å². The van der Waals surface area contributed by atoms with Gasteiger partial charge in [-0.2, -0.15) is 0 Å². The van der Waals surface area contributed by atoms with E-state index >= 15 is 0 Å². The molecule has 0 radical (unpaired) electrons. The lowest BCUT2D eigenvalue weighted by Crippen LogP contribution is -2.57. The van der Waals surface area contributed by atoms with Gasteiger partial charge in [0, 0.05) is 12.6 Å². The van der Waals surface area contributed by atoms with Gasteiger partial charge in [0.1, 0.15) is 0 Å². The first kappa shape index (κ1) is 11.0. The van der Waals surface area contributed by atoms with Crippen molar-refractivity contribution in [1.29, 1.82) is 0 Å². The fraction of sp³-hybridized carbons (Fsp3) is 1.00. The van der Waals surface area contributed by atoms with E-state index in [1.54, 1.807) is 0 Å². The van der Waals surface area contributed by atoms with E-state index in [1.807, 2.05) is 0 Å². The van der Waals surface area contributed by atoms with Gasteiger partial charge in [-0.25, -0.2) is 0 Å². The molecule has 0 aromatic carbocycles.